The van der Waals surface area contributed by atoms with Crippen molar-refractivity contribution in [2.75, 3.05) is 19.8 Å². The van der Waals surface area contributed by atoms with E-state index in [-0.39, 0.29) is 18.5 Å². The van der Waals surface area contributed by atoms with Crippen LogP contribution in [0.4, 0.5) is 0 Å². The lowest BCUT2D eigenvalue weighted by Crippen LogP contribution is -2.30. The Morgan fingerprint density at radius 1 is 0.310 bits per heavy atom. The van der Waals surface area contributed by atoms with E-state index in [1.165, 1.54) is 238 Å². The van der Waals surface area contributed by atoms with Crippen molar-refractivity contribution in [3.8, 4) is 0 Å². The van der Waals surface area contributed by atoms with Gasteiger partial charge in [0.05, 0.1) is 6.61 Å². The van der Waals surface area contributed by atoms with Crippen LogP contribution in [0.3, 0.4) is 0 Å². The molecule has 0 aliphatic rings. The van der Waals surface area contributed by atoms with Crippen molar-refractivity contribution >= 4 is 11.9 Å². The molecule has 0 saturated heterocycles. The minimum absolute atomic E-state index is 0.0969. The van der Waals surface area contributed by atoms with Gasteiger partial charge in [0, 0.05) is 19.4 Å². The highest BCUT2D eigenvalue weighted by Crippen LogP contribution is 2.17. The fraction of sp³-hybridized carbons (Fsp3) is 0.962. The summed E-state index contributed by atoms with van der Waals surface area (Å²) in [7, 11) is 0. The molecule has 0 amide bonds. The van der Waals surface area contributed by atoms with E-state index in [4.69, 9.17) is 14.2 Å². The van der Waals surface area contributed by atoms with Gasteiger partial charge in [-0.25, -0.2) is 0 Å². The van der Waals surface area contributed by atoms with Crippen LogP contribution in [0.25, 0.3) is 0 Å². The number of rotatable bonds is 50. The normalized spacial score (nSPS) is 12.0. The fourth-order valence-corrected chi connectivity index (χ4v) is 8.16. The van der Waals surface area contributed by atoms with Gasteiger partial charge in [0.1, 0.15) is 6.61 Å². The molecule has 0 aromatic rings. The van der Waals surface area contributed by atoms with Gasteiger partial charge in [0.25, 0.3) is 0 Å². The maximum Gasteiger partial charge on any atom is 0.306 e. The highest BCUT2D eigenvalue weighted by molar-refractivity contribution is 5.70. The molecule has 0 heterocycles. The van der Waals surface area contributed by atoms with E-state index in [1.54, 1.807) is 0 Å². The van der Waals surface area contributed by atoms with E-state index in [2.05, 4.69) is 20.8 Å². The minimum atomic E-state index is -0.521. The van der Waals surface area contributed by atoms with Crippen LogP contribution in [0.5, 0.6) is 0 Å². The summed E-state index contributed by atoms with van der Waals surface area (Å²) >= 11 is 0. The van der Waals surface area contributed by atoms with Crippen molar-refractivity contribution in [2.24, 2.45) is 0 Å². The monoisotopic (exact) mass is 821 g/mol. The maximum absolute atomic E-state index is 12.7. The summed E-state index contributed by atoms with van der Waals surface area (Å²) in [5.41, 5.74) is 0. The largest absolute Gasteiger partial charge is 0.462 e. The van der Waals surface area contributed by atoms with Gasteiger partial charge in [-0.1, -0.05) is 271 Å². The van der Waals surface area contributed by atoms with Gasteiger partial charge < -0.3 is 14.2 Å². The van der Waals surface area contributed by atoms with Gasteiger partial charge in [-0.15, -0.1) is 0 Å². The molecule has 346 valence electrons. The molecule has 1 atom stereocenters. The number of ether oxygens (including phenoxy) is 3. The molecular weight excluding hydrogens is 717 g/mol. The minimum Gasteiger partial charge on any atom is -0.462 e. The summed E-state index contributed by atoms with van der Waals surface area (Å²) in [6.07, 6.45) is 55.6. The van der Waals surface area contributed by atoms with E-state index in [0.29, 0.717) is 26.1 Å². The zero-order chi connectivity index (χ0) is 42.1. The first-order valence-electron chi connectivity index (χ1n) is 26.6. The predicted molar refractivity (Wildman–Crippen MR) is 252 cm³/mol. The molecule has 0 aromatic carbocycles. The lowest BCUT2D eigenvalue weighted by atomic mass is 10.0. The number of carbonyl (C=O) groups excluding carboxylic acids is 2. The smallest absolute Gasteiger partial charge is 0.306 e. The lowest BCUT2D eigenvalue weighted by Gasteiger charge is -2.18. The van der Waals surface area contributed by atoms with Crippen LogP contribution in [-0.2, 0) is 23.8 Å². The number of hydrogen-bond acceptors (Lipinski definition) is 5. The lowest BCUT2D eigenvalue weighted by molar-refractivity contribution is -0.163. The third-order valence-corrected chi connectivity index (χ3v) is 12.1. The van der Waals surface area contributed by atoms with E-state index >= 15 is 0 Å². The summed E-state index contributed by atoms with van der Waals surface area (Å²) < 4.78 is 17.4. The van der Waals surface area contributed by atoms with E-state index < -0.39 is 6.10 Å². The molecular formula is C53H104O5. The number of hydrogen-bond donors (Lipinski definition) is 0. The van der Waals surface area contributed by atoms with E-state index in [9.17, 15) is 9.59 Å². The molecule has 5 nitrogen and oxygen atoms in total. The molecule has 0 bridgehead atoms. The van der Waals surface area contributed by atoms with E-state index in [0.717, 1.165) is 32.1 Å². The highest BCUT2D eigenvalue weighted by atomic mass is 16.6. The van der Waals surface area contributed by atoms with Gasteiger partial charge >= 0.3 is 11.9 Å². The first-order valence-corrected chi connectivity index (χ1v) is 26.6. The summed E-state index contributed by atoms with van der Waals surface area (Å²) in [5, 5.41) is 0. The summed E-state index contributed by atoms with van der Waals surface area (Å²) in [4.78, 5) is 25.2. The van der Waals surface area contributed by atoms with Gasteiger partial charge in [0.2, 0.25) is 0 Å². The van der Waals surface area contributed by atoms with Crippen LogP contribution in [0.15, 0.2) is 0 Å². The standard InChI is InChI=1S/C53H104O5/c1-4-7-10-13-16-18-20-22-24-26-27-28-29-31-33-35-38-40-43-46-52(54)57-50-51(58-53(55)47-44-41-37-15-12-9-6-3)49-56-48-45-42-39-36-34-32-30-25-23-21-19-17-14-11-8-5-2/h51H,4-50H2,1-3H3. The second kappa shape index (κ2) is 50.3. The molecule has 0 fully saturated rings. The second-order valence-corrected chi connectivity index (χ2v) is 18.2. The van der Waals surface area contributed by atoms with Gasteiger partial charge in [-0.3, -0.25) is 9.59 Å². The first-order chi connectivity index (χ1) is 28.6. The Morgan fingerprint density at radius 3 is 0.879 bits per heavy atom. The third-order valence-electron chi connectivity index (χ3n) is 12.1. The average molecular weight is 821 g/mol. The molecule has 0 aromatic heterocycles. The highest BCUT2D eigenvalue weighted by Gasteiger charge is 2.17. The zero-order valence-electron chi connectivity index (χ0n) is 39.9. The molecule has 0 aliphatic carbocycles. The zero-order valence-corrected chi connectivity index (χ0v) is 39.9. The van der Waals surface area contributed by atoms with Crippen molar-refractivity contribution in [3.63, 3.8) is 0 Å². The second-order valence-electron chi connectivity index (χ2n) is 18.2. The Labute approximate surface area is 363 Å². The molecule has 5 heteroatoms. The van der Waals surface area contributed by atoms with Crippen LogP contribution in [0, 0.1) is 0 Å². The van der Waals surface area contributed by atoms with Crippen LogP contribution in [0.1, 0.15) is 303 Å². The summed E-state index contributed by atoms with van der Waals surface area (Å²) in [6, 6.07) is 0. The molecule has 0 rings (SSSR count). The summed E-state index contributed by atoms with van der Waals surface area (Å²) in [5.74, 6) is -0.377. The number of esters is 2. The SMILES string of the molecule is CCCCCCCCCCCCCCCCCCCCCC(=O)OCC(COCCCCCCCCCCCCCCCCCC)OC(=O)CCCCCCCCC. The molecule has 0 aliphatic heterocycles. The molecule has 58 heavy (non-hydrogen) atoms. The van der Waals surface area contributed by atoms with Crippen molar-refractivity contribution in [1.29, 1.82) is 0 Å². The molecule has 0 N–H and O–H groups in total. The van der Waals surface area contributed by atoms with Crippen LogP contribution < -0.4 is 0 Å². The van der Waals surface area contributed by atoms with Gasteiger partial charge in [-0.2, -0.15) is 0 Å². The Kier molecular flexibility index (Phi) is 49.3. The Balaban J connectivity index is 4.01. The molecule has 0 spiro atoms. The van der Waals surface area contributed by atoms with Crippen molar-refractivity contribution in [3.05, 3.63) is 0 Å². The average Bonchev–Trinajstić information content (AvgIpc) is 3.22. The van der Waals surface area contributed by atoms with Gasteiger partial charge in [0.15, 0.2) is 6.10 Å². The Morgan fingerprint density at radius 2 is 0.569 bits per heavy atom. The van der Waals surface area contributed by atoms with E-state index in [1.807, 2.05) is 0 Å². The topological polar surface area (TPSA) is 61.8 Å². The first kappa shape index (κ1) is 56.9. The van der Waals surface area contributed by atoms with Crippen LogP contribution in [-0.4, -0.2) is 37.9 Å². The number of unbranched alkanes of at least 4 members (excludes halogenated alkanes) is 39. The predicted octanol–water partition coefficient (Wildman–Crippen LogP) is 17.7. The van der Waals surface area contributed by atoms with Crippen molar-refractivity contribution in [2.45, 2.75) is 309 Å². The van der Waals surface area contributed by atoms with Crippen LogP contribution >= 0.6 is 0 Å². The molecule has 0 saturated carbocycles. The molecule has 0 radical (unpaired) electrons. The number of carbonyl (C=O) groups is 2. The summed E-state index contributed by atoms with van der Waals surface area (Å²) in [6.45, 7) is 7.87. The Hall–Kier alpha value is -1.10. The van der Waals surface area contributed by atoms with Gasteiger partial charge in [-0.05, 0) is 19.3 Å². The van der Waals surface area contributed by atoms with Crippen molar-refractivity contribution in [1.82, 2.24) is 0 Å². The quantitative estimate of drug-likeness (QED) is 0.0452. The third kappa shape index (κ3) is 47.6. The molecule has 1 unspecified atom stereocenters. The van der Waals surface area contributed by atoms with Crippen molar-refractivity contribution < 1.29 is 23.8 Å². The maximum atomic E-state index is 12.7. The van der Waals surface area contributed by atoms with Crippen LogP contribution in [0.2, 0.25) is 0 Å². The fourth-order valence-electron chi connectivity index (χ4n) is 8.16. The Bertz CT molecular complexity index is 799.